The van der Waals surface area contributed by atoms with Gasteiger partial charge in [-0.15, -0.1) is 0 Å². The van der Waals surface area contributed by atoms with Crippen molar-refractivity contribution in [2.45, 2.75) is 64.0 Å². The quantitative estimate of drug-likeness (QED) is 0.869. The SMILES string of the molecule is CCC(C)(C)c1ccc(C(NC)C2(C)CCCO2)cc1. The molecule has 20 heavy (non-hydrogen) atoms. The van der Waals surface area contributed by atoms with Gasteiger partial charge in [0.15, 0.2) is 0 Å². The third kappa shape index (κ3) is 2.91. The Balaban J connectivity index is 2.24. The summed E-state index contributed by atoms with van der Waals surface area (Å²) in [5.41, 5.74) is 2.92. The summed E-state index contributed by atoms with van der Waals surface area (Å²) < 4.78 is 6.00. The molecule has 1 aliphatic rings. The topological polar surface area (TPSA) is 21.3 Å². The molecule has 2 nitrogen and oxygen atoms in total. The lowest BCUT2D eigenvalue weighted by atomic mass is 9.80. The molecule has 0 spiro atoms. The molecule has 1 heterocycles. The molecule has 1 aromatic carbocycles. The van der Waals surface area contributed by atoms with Gasteiger partial charge in [-0.1, -0.05) is 45.0 Å². The normalized spacial score (nSPS) is 24.9. The van der Waals surface area contributed by atoms with Crippen LogP contribution in [0.3, 0.4) is 0 Å². The van der Waals surface area contributed by atoms with Crippen molar-refractivity contribution in [3.8, 4) is 0 Å². The molecule has 2 unspecified atom stereocenters. The molecule has 0 aromatic heterocycles. The fraction of sp³-hybridized carbons (Fsp3) is 0.667. The molecule has 1 aliphatic heterocycles. The average molecular weight is 275 g/mol. The lowest BCUT2D eigenvalue weighted by Gasteiger charge is -2.34. The van der Waals surface area contributed by atoms with Crippen molar-refractivity contribution in [3.63, 3.8) is 0 Å². The average Bonchev–Trinajstić information content (AvgIpc) is 2.88. The third-order valence-electron chi connectivity index (χ3n) is 5.06. The van der Waals surface area contributed by atoms with Crippen molar-refractivity contribution < 1.29 is 4.74 Å². The fourth-order valence-corrected chi connectivity index (χ4v) is 3.18. The summed E-state index contributed by atoms with van der Waals surface area (Å²) in [5, 5.41) is 3.45. The first kappa shape index (κ1) is 15.5. The molecule has 0 saturated carbocycles. The molecular formula is C18H29NO. The van der Waals surface area contributed by atoms with Gasteiger partial charge in [0, 0.05) is 6.61 Å². The van der Waals surface area contributed by atoms with Gasteiger partial charge in [0.1, 0.15) is 0 Å². The Morgan fingerprint density at radius 3 is 2.40 bits per heavy atom. The molecule has 1 aromatic rings. The zero-order valence-corrected chi connectivity index (χ0v) is 13.6. The maximum Gasteiger partial charge on any atom is 0.0849 e. The molecule has 2 heteroatoms. The van der Waals surface area contributed by atoms with Crippen LogP contribution in [-0.2, 0) is 10.2 Å². The third-order valence-corrected chi connectivity index (χ3v) is 5.06. The van der Waals surface area contributed by atoms with E-state index in [0.29, 0.717) is 0 Å². The Morgan fingerprint density at radius 2 is 1.95 bits per heavy atom. The first-order valence-corrected chi connectivity index (χ1v) is 7.84. The van der Waals surface area contributed by atoms with Crippen molar-refractivity contribution in [1.29, 1.82) is 0 Å². The predicted molar refractivity (Wildman–Crippen MR) is 85.2 cm³/mol. The van der Waals surface area contributed by atoms with Gasteiger partial charge in [-0.3, -0.25) is 0 Å². The van der Waals surface area contributed by atoms with Crippen LogP contribution in [0.2, 0.25) is 0 Å². The van der Waals surface area contributed by atoms with Crippen LogP contribution < -0.4 is 5.32 Å². The number of hydrogen-bond donors (Lipinski definition) is 1. The van der Waals surface area contributed by atoms with Gasteiger partial charge in [0.25, 0.3) is 0 Å². The van der Waals surface area contributed by atoms with E-state index < -0.39 is 0 Å². The highest BCUT2D eigenvalue weighted by Gasteiger charge is 2.38. The zero-order chi connectivity index (χ0) is 14.8. The Kier molecular flexibility index (Phi) is 4.55. The van der Waals surface area contributed by atoms with E-state index in [1.54, 1.807) is 0 Å². The van der Waals surface area contributed by atoms with Gasteiger partial charge in [-0.05, 0) is 49.8 Å². The summed E-state index contributed by atoms with van der Waals surface area (Å²) >= 11 is 0. The van der Waals surface area contributed by atoms with Crippen LogP contribution in [0.25, 0.3) is 0 Å². The summed E-state index contributed by atoms with van der Waals surface area (Å²) in [7, 11) is 2.03. The van der Waals surface area contributed by atoms with Crippen molar-refractivity contribution >= 4 is 0 Å². The lowest BCUT2D eigenvalue weighted by Crippen LogP contribution is -2.39. The van der Waals surface area contributed by atoms with Crippen LogP contribution >= 0.6 is 0 Å². The molecule has 2 atom stereocenters. The summed E-state index contributed by atoms with van der Waals surface area (Å²) in [5.74, 6) is 0. The van der Waals surface area contributed by atoms with Crippen LogP contribution in [0.15, 0.2) is 24.3 Å². The van der Waals surface area contributed by atoms with Crippen LogP contribution in [0.5, 0.6) is 0 Å². The van der Waals surface area contributed by atoms with Crippen LogP contribution in [0.1, 0.15) is 64.1 Å². The second kappa shape index (κ2) is 5.87. The van der Waals surface area contributed by atoms with Gasteiger partial charge in [-0.2, -0.15) is 0 Å². The lowest BCUT2D eigenvalue weighted by molar-refractivity contribution is -0.0104. The number of ether oxygens (including phenoxy) is 1. The first-order valence-electron chi connectivity index (χ1n) is 7.84. The van der Waals surface area contributed by atoms with Gasteiger partial charge in [0.05, 0.1) is 11.6 Å². The molecule has 112 valence electrons. The van der Waals surface area contributed by atoms with E-state index in [2.05, 4.69) is 57.3 Å². The van der Waals surface area contributed by atoms with Crippen molar-refractivity contribution in [1.82, 2.24) is 5.32 Å². The monoisotopic (exact) mass is 275 g/mol. The van der Waals surface area contributed by atoms with Crippen LogP contribution in [-0.4, -0.2) is 19.3 Å². The summed E-state index contributed by atoms with van der Waals surface area (Å²) in [6, 6.07) is 9.36. The highest BCUT2D eigenvalue weighted by molar-refractivity contribution is 5.31. The number of rotatable bonds is 5. The number of likely N-dealkylation sites (N-methyl/N-ethyl adjacent to an activating group) is 1. The smallest absolute Gasteiger partial charge is 0.0849 e. The zero-order valence-electron chi connectivity index (χ0n) is 13.6. The minimum atomic E-state index is -0.0729. The minimum Gasteiger partial charge on any atom is -0.373 e. The Morgan fingerprint density at radius 1 is 1.30 bits per heavy atom. The standard InChI is InChI=1S/C18H29NO/c1-6-17(2,3)15-10-8-14(9-11-15)16(19-5)18(4)12-7-13-20-18/h8-11,16,19H,6-7,12-13H2,1-5H3. The summed E-state index contributed by atoms with van der Waals surface area (Å²) in [6.07, 6.45) is 3.44. The van der Waals surface area contributed by atoms with E-state index in [-0.39, 0.29) is 17.1 Å². The molecular weight excluding hydrogens is 246 g/mol. The summed E-state index contributed by atoms with van der Waals surface area (Å²) in [4.78, 5) is 0. The number of benzene rings is 1. The molecule has 0 amide bonds. The van der Waals surface area contributed by atoms with E-state index in [9.17, 15) is 0 Å². The molecule has 0 aliphatic carbocycles. The fourth-order valence-electron chi connectivity index (χ4n) is 3.18. The molecule has 1 saturated heterocycles. The molecule has 1 N–H and O–H groups in total. The molecule has 1 fully saturated rings. The second-order valence-corrected chi connectivity index (χ2v) is 6.85. The maximum absolute atomic E-state index is 6.00. The Hall–Kier alpha value is -0.860. The number of nitrogens with one attached hydrogen (secondary N) is 1. The molecule has 0 bridgehead atoms. The van der Waals surface area contributed by atoms with E-state index >= 15 is 0 Å². The van der Waals surface area contributed by atoms with Crippen LogP contribution in [0.4, 0.5) is 0 Å². The Labute approximate surface area is 123 Å². The molecule has 0 radical (unpaired) electrons. The first-order chi connectivity index (χ1) is 9.43. The Bertz CT molecular complexity index is 429. The maximum atomic E-state index is 6.00. The predicted octanol–water partition coefficient (Wildman–Crippen LogP) is 4.20. The van der Waals surface area contributed by atoms with Crippen molar-refractivity contribution in [3.05, 3.63) is 35.4 Å². The second-order valence-electron chi connectivity index (χ2n) is 6.85. The van der Waals surface area contributed by atoms with Crippen molar-refractivity contribution in [2.75, 3.05) is 13.7 Å². The van der Waals surface area contributed by atoms with Crippen LogP contribution in [0, 0.1) is 0 Å². The van der Waals surface area contributed by atoms with Gasteiger partial charge < -0.3 is 10.1 Å². The highest BCUT2D eigenvalue weighted by Crippen LogP contribution is 2.38. The number of hydrogen-bond acceptors (Lipinski definition) is 2. The molecule has 2 rings (SSSR count). The van der Waals surface area contributed by atoms with E-state index in [1.807, 2.05) is 7.05 Å². The summed E-state index contributed by atoms with van der Waals surface area (Å²) in [6.45, 7) is 9.97. The van der Waals surface area contributed by atoms with E-state index in [0.717, 1.165) is 25.9 Å². The van der Waals surface area contributed by atoms with Gasteiger partial charge >= 0.3 is 0 Å². The largest absolute Gasteiger partial charge is 0.373 e. The van der Waals surface area contributed by atoms with E-state index in [4.69, 9.17) is 4.74 Å². The minimum absolute atomic E-state index is 0.0729. The highest BCUT2D eigenvalue weighted by atomic mass is 16.5. The van der Waals surface area contributed by atoms with E-state index in [1.165, 1.54) is 11.1 Å². The van der Waals surface area contributed by atoms with Gasteiger partial charge in [-0.25, -0.2) is 0 Å². The van der Waals surface area contributed by atoms with Gasteiger partial charge in [0.2, 0.25) is 0 Å². The van der Waals surface area contributed by atoms with Crippen molar-refractivity contribution in [2.24, 2.45) is 0 Å².